The molecule has 4 rings (SSSR count). The summed E-state index contributed by atoms with van der Waals surface area (Å²) in [4.78, 5) is 23.3. The number of amides is 1. The highest BCUT2D eigenvalue weighted by Gasteiger charge is 2.75. The molecule has 0 aromatic heterocycles. The van der Waals surface area contributed by atoms with Crippen molar-refractivity contribution in [3.8, 4) is 0 Å². The van der Waals surface area contributed by atoms with Crippen LogP contribution in [0.5, 0.6) is 0 Å². The fourth-order valence-corrected chi connectivity index (χ4v) is 4.29. The number of hydrogen-bond acceptors (Lipinski definition) is 3. The van der Waals surface area contributed by atoms with Crippen molar-refractivity contribution in [1.29, 1.82) is 0 Å². The molecule has 5 nitrogen and oxygen atoms in total. The van der Waals surface area contributed by atoms with Crippen LogP contribution in [0.4, 0.5) is 4.79 Å². The lowest BCUT2D eigenvalue weighted by atomic mass is 9.31. The van der Waals surface area contributed by atoms with E-state index in [1.54, 1.807) is 20.8 Å². The molecule has 0 aromatic carbocycles. The van der Waals surface area contributed by atoms with E-state index in [9.17, 15) is 14.7 Å². The number of ether oxygens (including phenoxy) is 1. The van der Waals surface area contributed by atoms with Gasteiger partial charge in [0.15, 0.2) is 0 Å². The Bertz CT molecular complexity index is 441. The third-order valence-corrected chi connectivity index (χ3v) is 5.08. The van der Waals surface area contributed by atoms with Crippen LogP contribution in [0, 0.1) is 16.7 Å². The van der Waals surface area contributed by atoms with Crippen molar-refractivity contribution in [3.05, 3.63) is 0 Å². The van der Waals surface area contributed by atoms with Gasteiger partial charge in [-0.3, -0.25) is 0 Å². The quantitative estimate of drug-likeness (QED) is 0.830. The summed E-state index contributed by atoms with van der Waals surface area (Å²) >= 11 is 0. The fraction of sp³-hybridized carbons (Fsp3) is 0.867. The molecule has 4 saturated carbocycles. The molecule has 0 saturated heterocycles. The number of carboxylic acid groups (broad SMARTS) is 1. The summed E-state index contributed by atoms with van der Waals surface area (Å²) in [5.74, 6) is -0.125. The second-order valence-corrected chi connectivity index (χ2v) is 7.95. The molecule has 2 N–H and O–H groups in total. The highest BCUT2D eigenvalue weighted by molar-refractivity contribution is 5.81. The maximum absolute atomic E-state index is 11.8. The fourth-order valence-electron chi connectivity index (χ4n) is 4.29. The Morgan fingerprint density at radius 3 is 2.20 bits per heavy atom. The Hall–Kier alpha value is -1.26. The van der Waals surface area contributed by atoms with Gasteiger partial charge in [0, 0.05) is 5.41 Å². The van der Waals surface area contributed by atoms with E-state index in [2.05, 4.69) is 5.32 Å². The zero-order valence-electron chi connectivity index (χ0n) is 12.4. The topological polar surface area (TPSA) is 75.6 Å². The summed E-state index contributed by atoms with van der Waals surface area (Å²) in [5.41, 5.74) is -0.406. The van der Waals surface area contributed by atoms with Crippen molar-refractivity contribution in [1.82, 2.24) is 5.32 Å². The van der Waals surface area contributed by atoms with Crippen LogP contribution in [0.15, 0.2) is 0 Å². The summed E-state index contributed by atoms with van der Waals surface area (Å²) in [7, 11) is 0. The smallest absolute Gasteiger partial charge is 0.408 e. The summed E-state index contributed by atoms with van der Waals surface area (Å²) in [5, 5.41) is 12.0. The van der Waals surface area contributed by atoms with Gasteiger partial charge in [0.2, 0.25) is 0 Å². The molecule has 1 atom stereocenters. The number of alkyl carbamates (subject to hydrolysis) is 1. The third kappa shape index (κ3) is 2.07. The Morgan fingerprint density at radius 1 is 1.25 bits per heavy atom. The molecular weight excluding hydrogens is 258 g/mol. The van der Waals surface area contributed by atoms with E-state index < -0.39 is 23.7 Å². The molecule has 4 aliphatic carbocycles. The van der Waals surface area contributed by atoms with Crippen molar-refractivity contribution < 1.29 is 19.4 Å². The summed E-state index contributed by atoms with van der Waals surface area (Å²) in [6.45, 7) is 5.31. The zero-order chi connectivity index (χ0) is 14.8. The molecule has 0 radical (unpaired) electrons. The Kier molecular flexibility index (Phi) is 2.67. The first-order chi connectivity index (χ1) is 9.16. The van der Waals surface area contributed by atoms with Crippen LogP contribution < -0.4 is 5.32 Å². The molecule has 5 heteroatoms. The van der Waals surface area contributed by atoms with E-state index in [1.165, 1.54) is 12.8 Å². The lowest BCUT2D eigenvalue weighted by molar-refractivity contribution is -0.235. The predicted molar refractivity (Wildman–Crippen MR) is 72.2 cm³/mol. The number of aliphatic carboxylic acids is 1. The average molecular weight is 281 g/mol. The van der Waals surface area contributed by atoms with Crippen molar-refractivity contribution in [2.75, 3.05) is 0 Å². The third-order valence-electron chi connectivity index (χ3n) is 5.08. The van der Waals surface area contributed by atoms with E-state index >= 15 is 0 Å². The van der Waals surface area contributed by atoms with E-state index in [0.717, 1.165) is 25.2 Å². The minimum Gasteiger partial charge on any atom is -0.480 e. The molecule has 1 amide bonds. The highest BCUT2D eigenvalue weighted by Crippen LogP contribution is 2.80. The van der Waals surface area contributed by atoms with Crippen molar-refractivity contribution in [2.24, 2.45) is 16.7 Å². The average Bonchev–Trinajstić information content (AvgIpc) is 2.92. The van der Waals surface area contributed by atoms with E-state index in [1.807, 2.05) is 0 Å². The van der Waals surface area contributed by atoms with Crippen LogP contribution in [0.3, 0.4) is 0 Å². The first-order valence-electron chi connectivity index (χ1n) is 7.38. The van der Waals surface area contributed by atoms with Gasteiger partial charge in [-0.1, -0.05) is 0 Å². The minimum atomic E-state index is -0.944. The van der Waals surface area contributed by atoms with Crippen molar-refractivity contribution >= 4 is 12.1 Å². The van der Waals surface area contributed by atoms with Crippen molar-refractivity contribution in [3.63, 3.8) is 0 Å². The monoisotopic (exact) mass is 281 g/mol. The van der Waals surface area contributed by atoms with Gasteiger partial charge in [-0.25, -0.2) is 9.59 Å². The highest BCUT2D eigenvalue weighted by atomic mass is 16.6. The molecule has 0 heterocycles. The summed E-state index contributed by atoms with van der Waals surface area (Å²) in [6.07, 6.45) is 4.84. The summed E-state index contributed by atoms with van der Waals surface area (Å²) in [6, 6.07) is -0.807. The lowest BCUT2D eigenvalue weighted by Crippen LogP contribution is -2.72. The SMILES string of the molecule is CC(C)(C)OC(=O)NC(C(=O)O)C12CC(C3CC3)(C1)C2. The standard InChI is InChI=1S/C15H23NO4/c1-13(2,3)20-12(19)16-10(11(17)18)15-6-14(7-15,8-15)9-4-5-9/h9-10H,4-8H2,1-3H3,(H,16,19)(H,17,18). The molecule has 20 heavy (non-hydrogen) atoms. The van der Waals surface area contributed by atoms with Gasteiger partial charge >= 0.3 is 12.1 Å². The zero-order valence-corrected chi connectivity index (χ0v) is 12.4. The van der Waals surface area contributed by atoms with Crippen molar-refractivity contribution in [2.45, 2.75) is 64.5 Å². The molecule has 2 bridgehead atoms. The molecule has 112 valence electrons. The van der Waals surface area contributed by atoms with Crippen LogP contribution in [0.2, 0.25) is 0 Å². The number of nitrogens with one attached hydrogen (secondary N) is 1. The second-order valence-electron chi connectivity index (χ2n) is 7.95. The maximum Gasteiger partial charge on any atom is 0.408 e. The molecule has 0 aromatic rings. The van der Waals surface area contributed by atoms with E-state index in [0.29, 0.717) is 5.41 Å². The van der Waals surface area contributed by atoms with Gasteiger partial charge in [0.05, 0.1) is 0 Å². The molecule has 0 spiro atoms. The number of carboxylic acids is 1. The Morgan fingerprint density at radius 2 is 1.80 bits per heavy atom. The number of hydrogen-bond donors (Lipinski definition) is 2. The van der Waals surface area contributed by atoms with Gasteiger partial charge in [-0.05, 0) is 64.2 Å². The number of carbonyl (C=O) groups is 2. The van der Waals surface area contributed by atoms with Crippen LogP contribution in [0.1, 0.15) is 52.9 Å². The minimum absolute atomic E-state index is 0.217. The van der Waals surface area contributed by atoms with Gasteiger partial charge in [0.1, 0.15) is 11.6 Å². The van der Waals surface area contributed by atoms with Crippen LogP contribution in [-0.2, 0) is 9.53 Å². The van der Waals surface area contributed by atoms with E-state index in [4.69, 9.17) is 4.74 Å². The second kappa shape index (κ2) is 3.89. The lowest BCUT2D eigenvalue weighted by Gasteiger charge is -2.73. The summed E-state index contributed by atoms with van der Waals surface area (Å²) < 4.78 is 5.17. The van der Waals surface area contributed by atoms with E-state index in [-0.39, 0.29) is 5.41 Å². The number of carbonyl (C=O) groups excluding carboxylic acids is 1. The van der Waals surface area contributed by atoms with Crippen LogP contribution in [-0.4, -0.2) is 28.8 Å². The molecule has 0 aliphatic heterocycles. The Balaban J connectivity index is 1.61. The molecule has 4 aliphatic rings. The van der Waals surface area contributed by atoms with Gasteiger partial charge in [-0.15, -0.1) is 0 Å². The van der Waals surface area contributed by atoms with Crippen LogP contribution >= 0.6 is 0 Å². The predicted octanol–water partition coefficient (Wildman–Crippen LogP) is 2.54. The first-order valence-corrected chi connectivity index (χ1v) is 7.38. The van der Waals surface area contributed by atoms with Crippen LogP contribution in [0.25, 0.3) is 0 Å². The largest absolute Gasteiger partial charge is 0.480 e. The van der Waals surface area contributed by atoms with Gasteiger partial charge in [0.25, 0.3) is 0 Å². The molecule has 1 unspecified atom stereocenters. The normalized spacial score (nSPS) is 36.4. The molecular formula is C15H23NO4. The number of rotatable bonds is 4. The Labute approximate surface area is 119 Å². The maximum atomic E-state index is 11.8. The first kappa shape index (κ1) is 13.7. The van der Waals surface area contributed by atoms with Gasteiger partial charge in [-0.2, -0.15) is 0 Å². The molecule has 4 fully saturated rings. The van der Waals surface area contributed by atoms with Gasteiger partial charge < -0.3 is 15.2 Å².